The zero-order chi connectivity index (χ0) is 13.5. The Morgan fingerprint density at radius 2 is 2.17 bits per heavy atom. The van der Waals surface area contributed by atoms with Gasteiger partial charge in [0.25, 0.3) is 0 Å². The summed E-state index contributed by atoms with van der Waals surface area (Å²) in [4.78, 5) is 12.7. The average Bonchev–Trinajstić information content (AvgIpc) is 2.33. The van der Waals surface area contributed by atoms with Gasteiger partial charge in [0.2, 0.25) is 0 Å². The smallest absolute Gasteiger partial charge is 0.304 e. The molecule has 0 saturated heterocycles. The van der Waals surface area contributed by atoms with E-state index in [2.05, 4.69) is 43.0 Å². The van der Waals surface area contributed by atoms with Crippen LogP contribution in [-0.2, 0) is 11.2 Å². The maximum absolute atomic E-state index is 10.6. The Hall–Kier alpha value is -1.35. The molecular weight excluding hydrogens is 226 g/mol. The molecule has 3 heteroatoms. The quantitative estimate of drug-likeness (QED) is 0.807. The number of aliphatic carboxylic acids is 1. The molecule has 0 spiro atoms. The van der Waals surface area contributed by atoms with Gasteiger partial charge in [-0.3, -0.25) is 4.79 Å². The van der Waals surface area contributed by atoms with Gasteiger partial charge in [-0.25, -0.2) is 0 Å². The number of aryl methyl sites for hydroxylation is 1. The number of rotatable bonds is 7. The first kappa shape index (κ1) is 14.7. The lowest BCUT2D eigenvalue weighted by molar-refractivity contribution is -0.137. The van der Waals surface area contributed by atoms with E-state index in [4.69, 9.17) is 5.11 Å². The summed E-state index contributed by atoms with van der Waals surface area (Å²) in [6, 6.07) is 8.92. The predicted octanol–water partition coefficient (Wildman–Crippen LogP) is 2.72. The first-order valence-electron chi connectivity index (χ1n) is 6.50. The van der Waals surface area contributed by atoms with E-state index >= 15 is 0 Å². The Balaban J connectivity index is 2.58. The van der Waals surface area contributed by atoms with Gasteiger partial charge in [0.05, 0.1) is 6.42 Å². The molecule has 0 amide bonds. The molecule has 0 aliphatic carbocycles. The van der Waals surface area contributed by atoms with Crippen LogP contribution in [0.15, 0.2) is 24.3 Å². The van der Waals surface area contributed by atoms with E-state index in [1.165, 1.54) is 11.1 Å². The summed E-state index contributed by atoms with van der Waals surface area (Å²) in [5.74, 6) is -0.729. The van der Waals surface area contributed by atoms with Gasteiger partial charge in [-0.15, -0.1) is 0 Å². The molecule has 1 aromatic rings. The van der Waals surface area contributed by atoms with E-state index in [9.17, 15) is 4.79 Å². The third-order valence-corrected chi connectivity index (χ3v) is 3.33. The Kier molecular flexibility index (Phi) is 5.86. The maximum atomic E-state index is 10.6. The fourth-order valence-electron chi connectivity index (χ4n) is 2.18. The highest BCUT2D eigenvalue weighted by Gasteiger charge is 2.14. The standard InChI is InChI=1S/C15H23NO2/c1-4-14(16(3)9-8-15(17)18)11-13-7-5-6-12(2)10-13/h5-7,10,14H,4,8-9,11H2,1-3H3,(H,17,18). The molecule has 0 aromatic heterocycles. The second-order valence-corrected chi connectivity index (χ2v) is 4.88. The summed E-state index contributed by atoms with van der Waals surface area (Å²) in [5, 5.41) is 8.72. The molecule has 3 nitrogen and oxygen atoms in total. The van der Waals surface area contributed by atoms with Crippen molar-refractivity contribution in [3.8, 4) is 0 Å². The second kappa shape index (κ2) is 7.17. The Morgan fingerprint density at radius 1 is 1.44 bits per heavy atom. The summed E-state index contributed by atoms with van der Waals surface area (Å²) in [7, 11) is 2.01. The first-order valence-corrected chi connectivity index (χ1v) is 6.50. The van der Waals surface area contributed by atoms with Crippen LogP contribution in [0.4, 0.5) is 0 Å². The molecule has 0 aliphatic rings. The highest BCUT2D eigenvalue weighted by molar-refractivity contribution is 5.66. The van der Waals surface area contributed by atoms with Crippen molar-refractivity contribution in [3.63, 3.8) is 0 Å². The lowest BCUT2D eigenvalue weighted by Gasteiger charge is -2.26. The van der Waals surface area contributed by atoms with Crippen molar-refractivity contribution in [2.24, 2.45) is 0 Å². The van der Waals surface area contributed by atoms with Gasteiger partial charge in [-0.05, 0) is 32.4 Å². The van der Waals surface area contributed by atoms with Gasteiger partial charge in [0.15, 0.2) is 0 Å². The number of benzene rings is 1. The third-order valence-electron chi connectivity index (χ3n) is 3.33. The highest BCUT2D eigenvalue weighted by atomic mass is 16.4. The van der Waals surface area contributed by atoms with Crippen LogP contribution in [0.3, 0.4) is 0 Å². The monoisotopic (exact) mass is 249 g/mol. The number of nitrogens with zero attached hydrogens (tertiary/aromatic N) is 1. The number of hydrogen-bond acceptors (Lipinski definition) is 2. The van der Waals surface area contributed by atoms with Crippen molar-refractivity contribution in [3.05, 3.63) is 35.4 Å². The molecule has 18 heavy (non-hydrogen) atoms. The largest absolute Gasteiger partial charge is 0.481 e. The summed E-state index contributed by atoms with van der Waals surface area (Å²) >= 11 is 0. The molecule has 1 atom stereocenters. The molecule has 0 heterocycles. The van der Waals surface area contributed by atoms with Crippen molar-refractivity contribution < 1.29 is 9.90 Å². The van der Waals surface area contributed by atoms with Crippen LogP contribution in [-0.4, -0.2) is 35.6 Å². The van der Waals surface area contributed by atoms with Gasteiger partial charge in [0, 0.05) is 12.6 Å². The van der Waals surface area contributed by atoms with E-state index in [1.807, 2.05) is 7.05 Å². The lowest BCUT2D eigenvalue weighted by atomic mass is 10.0. The maximum Gasteiger partial charge on any atom is 0.304 e. The minimum atomic E-state index is -0.729. The van der Waals surface area contributed by atoms with Gasteiger partial charge in [-0.2, -0.15) is 0 Å². The molecule has 0 saturated carbocycles. The van der Waals surface area contributed by atoms with Crippen LogP contribution in [0.1, 0.15) is 30.9 Å². The molecule has 100 valence electrons. The minimum Gasteiger partial charge on any atom is -0.481 e. The van der Waals surface area contributed by atoms with Gasteiger partial charge < -0.3 is 10.0 Å². The zero-order valence-corrected chi connectivity index (χ0v) is 11.5. The number of hydrogen-bond donors (Lipinski definition) is 1. The summed E-state index contributed by atoms with van der Waals surface area (Å²) in [5.41, 5.74) is 2.60. The summed E-state index contributed by atoms with van der Waals surface area (Å²) < 4.78 is 0. The molecule has 0 bridgehead atoms. The lowest BCUT2D eigenvalue weighted by Crippen LogP contribution is -2.34. The van der Waals surface area contributed by atoms with Gasteiger partial charge >= 0.3 is 5.97 Å². The van der Waals surface area contributed by atoms with Crippen LogP contribution in [0, 0.1) is 6.92 Å². The number of carbonyl (C=O) groups is 1. The van der Waals surface area contributed by atoms with Crippen molar-refractivity contribution in [2.45, 2.75) is 39.2 Å². The fourth-order valence-corrected chi connectivity index (χ4v) is 2.18. The Morgan fingerprint density at radius 3 is 2.72 bits per heavy atom. The summed E-state index contributed by atoms with van der Waals surface area (Å²) in [6.45, 7) is 4.86. The topological polar surface area (TPSA) is 40.5 Å². The predicted molar refractivity (Wildman–Crippen MR) is 73.8 cm³/mol. The van der Waals surface area contributed by atoms with Crippen LogP contribution < -0.4 is 0 Å². The highest BCUT2D eigenvalue weighted by Crippen LogP contribution is 2.12. The van der Waals surface area contributed by atoms with E-state index in [0.717, 1.165) is 12.8 Å². The number of carboxylic acids is 1. The minimum absolute atomic E-state index is 0.209. The number of carboxylic acid groups (broad SMARTS) is 1. The van der Waals surface area contributed by atoms with Gasteiger partial charge in [-0.1, -0.05) is 36.8 Å². The third kappa shape index (κ3) is 4.88. The first-order chi connectivity index (χ1) is 8.52. The van der Waals surface area contributed by atoms with Crippen molar-refractivity contribution >= 4 is 5.97 Å². The summed E-state index contributed by atoms with van der Waals surface area (Å²) in [6.07, 6.45) is 2.22. The van der Waals surface area contributed by atoms with Crippen molar-refractivity contribution in [1.82, 2.24) is 4.90 Å². The van der Waals surface area contributed by atoms with E-state index in [0.29, 0.717) is 12.6 Å². The van der Waals surface area contributed by atoms with Crippen molar-refractivity contribution in [1.29, 1.82) is 0 Å². The molecule has 0 fully saturated rings. The number of likely N-dealkylation sites (N-methyl/N-ethyl adjacent to an activating group) is 1. The molecule has 0 radical (unpaired) electrons. The Bertz CT molecular complexity index is 390. The van der Waals surface area contributed by atoms with Gasteiger partial charge in [0.1, 0.15) is 0 Å². The molecular formula is C15H23NO2. The molecule has 1 aromatic carbocycles. The van der Waals surface area contributed by atoms with Crippen LogP contribution in [0.2, 0.25) is 0 Å². The average molecular weight is 249 g/mol. The van der Waals surface area contributed by atoms with Crippen LogP contribution >= 0.6 is 0 Å². The fraction of sp³-hybridized carbons (Fsp3) is 0.533. The second-order valence-electron chi connectivity index (χ2n) is 4.88. The normalized spacial score (nSPS) is 12.7. The zero-order valence-electron chi connectivity index (χ0n) is 11.5. The van der Waals surface area contributed by atoms with Crippen LogP contribution in [0.25, 0.3) is 0 Å². The van der Waals surface area contributed by atoms with E-state index in [-0.39, 0.29) is 6.42 Å². The molecule has 1 unspecified atom stereocenters. The Labute approximate surface area is 109 Å². The molecule has 1 rings (SSSR count). The van der Waals surface area contributed by atoms with E-state index < -0.39 is 5.97 Å². The SMILES string of the molecule is CCC(Cc1cccc(C)c1)N(C)CCC(=O)O. The van der Waals surface area contributed by atoms with Crippen LogP contribution in [0.5, 0.6) is 0 Å². The van der Waals surface area contributed by atoms with E-state index in [1.54, 1.807) is 0 Å². The molecule has 1 N–H and O–H groups in total. The molecule has 0 aliphatic heterocycles. The van der Waals surface area contributed by atoms with Crippen molar-refractivity contribution in [2.75, 3.05) is 13.6 Å².